The van der Waals surface area contributed by atoms with Crippen LogP contribution in [0.5, 0.6) is 5.75 Å². The van der Waals surface area contributed by atoms with Gasteiger partial charge in [-0.25, -0.2) is 4.98 Å². The van der Waals surface area contributed by atoms with Crippen LogP contribution in [0.2, 0.25) is 0 Å². The van der Waals surface area contributed by atoms with E-state index in [4.69, 9.17) is 14.2 Å². The maximum atomic E-state index is 6.18. The van der Waals surface area contributed by atoms with E-state index in [-0.39, 0.29) is 0 Å². The first-order valence-electron chi connectivity index (χ1n) is 10.3. The van der Waals surface area contributed by atoms with Crippen molar-refractivity contribution in [3.05, 3.63) is 72.3 Å². The molecule has 1 fully saturated rings. The number of hydrogen-bond donors (Lipinski definition) is 0. The lowest BCUT2D eigenvalue weighted by Crippen LogP contribution is -2.41. The number of hydrogen-bond acceptors (Lipinski definition) is 4. The first-order chi connectivity index (χ1) is 14.2. The van der Waals surface area contributed by atoms with Gasteiger partial charge in [-0.15, -0.1) is 0 Å². The summed E-state index contributed by atoms with van der Waals surface area (Å²) in [7, 11) is 1.71. The fourth-order valence-corrected chi connectivity index (χ4v) is 3.90. The molecule has 1 aliphatic heterocycles. The Labute approximate surface area is 172 Å². The Morgan fingerprint density at radius 3 is 2.55 bits per heavy atom. The summed E-state index contributed by atoms with van der Waals surface area (Å²) in [5.41, 5.74) is 4.76. The van der Waals surface area contributed by atoms with E-state index < -0.39 is 5.79 Å². The van der Waals surface area contributed by atoms with Crippen molar-refractivity contribution in [1.82, 2.24) is 9.55 Å². The van der Waals surface area contributed by atoms with Gasteiger partial charge in [-0.2, -0.15) is 0 Å². The van der Waals surface area contributed by atoms with Crippen LogP contribution in [0.3, 0.4) is 0 Å². The molecule has 0 amide bonds. The van der Waals surface area contributed by atoms with Crippen molar-refractivity contribution >= 4 is 0 Å². The summed E-state index contributed by atoms with van der Waals surface area (Å²) in [6.07, 6.45) is 8.53. The van der Waals surface area contributed by atoms with Crippen LogP contribution in [0, 0.1) is 0 Å². The summed E-state index contributed by atoms with van der Waals surface area (Å²) in [5, 5.41) is 0. The number of methoxy groups -OCH3 is 1. The van der Waals surface area contributed by atoms with Crippen LogP contribution >= 0.6 is 0 Å². The number of aryl methyl sites for hydroxylation is 1. The molecular weight excluding hydrogens is 364 g/mol. The third-order valence-electron chi connectivity index (χ3n) is 5.38. The predicted molar refractivity (Wildman–Crippen MR) is 113 cm³/mol. The first-order valence-corrected chi connectivity index (χ1v) is 10.3. The molecule has 0 unspecified atom stereocenters. The molecule has 4 rings (SSSR count). The van der Waals surface area contributed by atoms with Gasteiger partial charge in [-0.05, 0) is 41.7 Å². The molecule has 5 heteroatoms. The van der Waals surface area contributed by atoms with Crippen molar-refractivity contribution in [2.45, 2.75) is 38.5 Å². The van der Waals surface area contributed by atoms with E-state index >= 15 is 0 Å². The summed E-state index contributed by atoms with van der Waals surface area (Å²) < 4.78 is 19.8. The van der Waals surface area contributed by atoms with Gasteiger partial charge in [0.1, 0.15) is 5.75 Å². The molecular formula is C24H28N2O3. The van der Waals surface area contributed by atoms with Crippen molar-refractivity contribution in [2.24, 2.45) is 0 Å². The number of nitrogens with zero attached hydrogens (tertiary/aromatic N) is 2. The van der Waals surface area contributed by atoms with E-state index in [9.17, 15) is 0 Å². The minimum Gasteiger partial charge on any atom is -0.497 e. The average molecular weight is 392 g/mol. The van der Waals surface area contributed by atoms with Crippen molar-refractivity contribution in [3.63, 3.8) is 0 Å². The van der Waals surface area contributed by atoms with E-state index in [0.717, 1.165) is 30.6 Å². The molecule has 0 aliphatic carbocycles. The Hall–Kier alpha value is -2.63. The van der Waals surface area contributed by atoms with E-state index in [1.807, 2.05) is 16.8 Å². The third-order valence-corrected chi connectivity index (χ3v) is 5.38. The second kappa shape index (κ2) is 8.80. The summed E-state index contributed by atoms with van der Waals surface area (Å²) >= 11 is 0. The number of aromatic nitrogens is 2. The molecule has 29 heavy (non-hydrogen) atoms. The molecule has 1 saturated heterocycles. The zero-order valence-electron chi connectivity index (χ0n) is 17.1. The number of ether oxygens (including phenoxy) is 3. The van der Waals surface area contributed by atoms with Crippen LogP contribution in [0.4, 0.5) is 0 Å². The monoisotopic (exact) mass is 392 g/mol. The lowest BCUT2D eigenvalue weighted by Gasteiger charge is -2.37. The lowest BCUT2D eigenvalue weighted by atomic mass is 9.94. The lowest BCUT2D eigenvalue weighted by molar-refractivity contribution is -0.283. The SMILES string of the molecule is CCCc1cc(OC)ccc1-c1ccc(C2(Cn3ccnc3)OCCCO2)cc1. The van der Waals surface area contributed by atoms with Gasteiger partial charge < -0.3 is 18.8 Å². The minimum absolute atomic E-state index is 0.579. The molecule has 3 aromatic rings. The van der Waals surface area contributed by atoms with E-state index in [0.29, 0.717) is 19.8 Å². The predicted octanol–water partition coefficient (Wildman–Crippen LogP) is 4.80. The highest BCUT2D eigenvalue weighted by Gasteiger charge is 2.37. The number of rotatable bonds is 7. The molecule has 0 radical (unpaired) electrons. The summed E-state index contributed by atoms with van der Waals surface area (Å²) in [6, 6.07) is 14.9. The smallest absolute Gasteiger partial charge is 0.213 e. The van der Waals surface area contributed by atoms with Crippen LogP contribution in [-0.4, -0.2) is 29.9 Å². The Balaban J connectivity index is 1.66. The molecule has 0 saturated carbocycles. The fourth-order valence-electron chi connectivity index (χ4n) is 3.90. The average Bonchev–Trinajstić information content (AvgIpc) is 3.27. The normalized spacial score (nSPS) is 15.9. The quantitative estimate of drug-likeness (QED) is 0.579. The summed E-state index contributed by atoms with van der Waals surface area (Å²) in [4.78, 5) is 4.15. The van der Waals surface area contributed by atoms with Crippen LogP contribution in [0.15, 0.2) is 61.2 Å². The highest BCUT2D eigenvalue weighted by Crippen LogP contribution is 2.35. The van der Waals surface area contributed by atoms with Gasteiger partial charge in [-0.1, -0.05) is 43.7 Å². The molecule has 2 heterocycles. The van der Waals surface area contributed by atoms with Crippen LogP contribution < -0.4 is 4.74 Å². The van der Waals surface area contributed by atoms with Crippen molar-refractivity contribution in [2.75, 3.05) is 20.3 Å². The summed E-state index contributed by atoms with van der Waals surface area (Å²) in [5.74, 6) is 0.126. The third kappa shape index (κ3) is 4.21. The van der Waals surface area contributed by atoms with E-state index in [2.05, 4.69) is 48.3 Å². The van der Waals surface area contributed by atoms with E-state index in [1.165, 1.54) is 16.7 Å². The number of benzene rings is 2. The van der Waals surface area contributed by atoms with Gasteiger partial charge in [0.05, 0.1) is 33.2 Å². The molecule has 152 valence electrons. The molecule has 5 nitrogen and oxygen atoms in total. The van der Waals surface area contributed by atoms with Crippen LogP contribution in [-0.2, 0) is 28.2 Å². The Morgan fingerprint density at radius 1 is 1.10 bits per heavy atom. The summed E-state index contributed by atoms with van der Waals surface area (Å²) in [6.45, 7) is 4.16. The molecule has 2 aromatic carbocycles. The Morgan fingerprint density at radius 2 is 1.90 bits per heavy atom. The molecule has 0 N–H and O–H groups in total. The highest BCUT2D eigenvalue weighted by molar-refractivity contribution is 5.69. The second-order valence-corrected chi connectivity index (χ2v) is 7.39. The standard InChI is InChI=1S/C24H28N2O3/c1-3-5-20-16-22(27-2)10-11-23(20)19-6-8-21(9-7-19)24(28-14-4-15-29-24)17-26-13-12-25-18-26/h6-13,16,18H,3-5,14-15,17H2,1-2H3. The van der Waals surface area contributed by atoms with Gasteiger partial charge in [0.25, 0.3) is 0 Å². The van der Waals surface area contributed by atoms with Crippen molar-refractivity contribution < 1.29 is 14.2 Å². The minimum atomic E-state index is -0.774. The number of imidazole rings is 1. The zero-order valence-corrected chi connectivity index (χ0v) is 17.1. The molecule has 1 aliphatic rings. The Kier molecular flexibility index (Phi) is 5.97. The van der Waals surface area contributed by atoms with Crippen LogP contribution in [0.25, 0.3) is 11.1 Å². The molecule has 0 bridgehead atoms. The maximum Gasteiger partial charge on any atom is 0.213 e. The van der Waals surface area contributed by atoms with Crippen molar-refractivity contribution in [3.8, 4) is 16.9 Å². The van der Waals surface area contributed by atoms with Crippen molar-refractivity contribution in [1.29, 1.82) is 0 Å². The van der Waals surface area contributed by atoms with Gasteiger partial charge in [0.15, 0.2) is 0 Å². The maximum absolute atomic E-state index is 6.18. The fraction of sp³-hybridized carbons (Fsp3) is 0.375. The van der Waals surface area contributed by atoms with Crippen LogP contribution in [0.1, 0.15) is 30.9 Å². The van der Waals surface area contributed by atoms with Gasteiger partial charge in [0, 0.05) is 18.0 Å². The molecule has 0 spiro atoms. The highest BCUT2D eigenvalue weighted by atomic mass is 16.7. The van der Waals surface area contributed by atoms with Gasteiger partial charge in [0.2, 0.25) is 5.79 Å². The molecule has 0 atom stereocenters. The molecule has 1 aromatic heterocycles. The Bertz CT molecular complexity index is 914. The largest absolute Gasteiger partial charge is 0.497 e. The van der Waals surface area contributed by atoms with Gasteiger partial charge >= 0.3 is 0 Å². The van der Waals surface area contributed by atoms with E-state index in [1.54, 1.807) is 19.6 Å². The first kappa shape index (κ1) is 19.7. The topological polar surface area (TPSA) is 45.5 Å². The zero-order chi connectivity index (χ0) is 20.1. The second-order valence-electron chi connectivity index (χ2n) is 7.39. The van der Waals surface area contributed by atoms with Gasteiger partial charge in [-0.3, -0.25) is 0 Å².